The summed E-state index contributed by atoms with van der Waals surface area (Å²) < 4.78 is 5.00. The summed E-state index contributed by atoms with van der Waals surface area (Å²) >= 11 is 1.66. The number of hydrogen-bond donors (Lipinski definition) is 1. The molecule has 3 saturated heterocycles. The van der Waals surface area contributed by atoms with Gasteiger partial charge in [0.1, 0.15) is 6.04 Å². The van der Waals surface area contributed by atoms with Gasteiger partial charge in [0.2, 0.25) is 5.91 Å². The summed E-state index contributed by atoms with van der Waals surface area (Å²) in [6, 6.07) is 5.30. The van der Waals surface area contributed by atoms with E-state index in [1.165, 1.54) is 0 Å². The fourth-order valence-corrected chi connectivity index (χ4v) is 9.01. The first-order chi connectivity index (χ1) is 18.8. The molecule has 1 spiro atoms. The maximum absolute atomic E-state index is 14.6. The molecule has 2 amide bonds. The van der Waals surface area contributed by atoms with Crippen LogP contribution < -0.4 is 4.90 Å². The van der Waals surface area contributed by atoms with Crippen LogP contribution in [0.5, 0.6) is 0 Å². The van der Waals surface area contributed by atoms with E-state index in [0.717, 1.165) is 42.5 Å². The zero-order chi connectivity index (χ0) is 28.2. The molecule has 7 nitrogen and oxygen atoms in total. The van der Waals surface area contributed by atoms with Crippen molar-refractivity contribution in [1.29, 1.82) is 0 Å². The summed E-state index contributed by atoms with van der Waals surface area (Å²) in [4.78, 5) is 45.7. The summed E-state index contributed by atoms with van der Waals surface area (Å²) in [5, 5.41) is 9.24. The quantitative estimate of drug-likeness (QED) is 0.206. The van der Waals surface area contributed by atoms with Gasteiger partial charge in [-0.3, -0.25) is 14.4 Å². The molecule has 3 heterocycles. The molecule has 1 aromatic rings. The Labute approximate surface area is 236 Å². The summed E-state index contributed by atoms with van der Waals surface area (Å²) in [6.45, 7) is 12.8. The lowest BCUT2D eigenvalue weighted by molar-refractivity contribution is -0.154. The molecular weight excluding hydrogens is 512 g/mol. The van der Waals surface area contributed by atoms with Crippen molar-refractivity contribution in [3.8, 4) is 0 Å². The monoisotopic (exact) mass is 554 g/mol. The first-order valence-corrected chi connectivity index (χ1v) is 15.1. The molecule has 1 aromatic carbocycles. The molecule has 3 aliphatic rings. The maximum atomic E-state index is 14.6. The number of aliphatic hydroxyl groups is 1. The predicted molar refractivity (Wildman–Crippen MR) is 156 cm³/mol. The van der Waals surface area contributed by atoms with Crippen molar-refractivity contribution in [2.45, 2.75) is 74.8 Å². The van der Waals surface area contributed by atoms with Crippen molar-refractivity contribution in [3.63, 3.8) is 0 Å². The number of aryl methyl sites for hydroxylation is 2. The molecule has 3 fully saturated rings. The van der Waals surface area contributed by atoms with E-state index in [0.29, 0.717) is 39.0 Å². The number of esters is 1. The SMILES string of the molecule is C=CCCCOC(=O)[C@@H]1[C@H]2C(=O)N(CCCCCO)C(C(=O)N(CC=C)c3c(C)cccc3C)C23CC[C@H]1S3. The highest BCUT2D eigenvalue weighted by molar-refractivity contribution is 8.02. The Hall–Kier alpha value is -2.58. The minimum absolute atomic E-state index is 0.0225. The number of aliphatic hydroxyl groups excluding tert-OH is 1. The molecule has 3 aliphatic heterocycles. The molecule has 1 N–H and O–H groups in total. The average Bonchev–Trinajstić information content (AvgIpc) is 3.55. The molecule has 0 aliphatic carbocycles. The lowest BCUT2D eigenvalue weighted by Gasteiger charge is -2.38. The van der Waals surface area contributed by atoms with Gasteiger partial charge < -0.3 is 19.6 Å². The van der Waals surface area contributed by atoms with E-state index in [1.54, 1.807) is 33.7 Å². The number of thioether (sulfide) groups is 1. The van der Waals surface area contributed by atoms with Gasteiger partial charge in [-0.15, -0.1) is 24.9 Å². The van der Waals surface area contributed by atoms with Gasteiger partial charge in [0, 0.05) is 30.6 Å². The summed E-state index contributed by atoms with van der Waals surface area (Å²) in [5.74, 6) is -1.64. The third-order valence-electron chi connectivity index (χ3n) is 8.45. The number of nitrogens with zero attached hydrogens (tertiary/aromatic N) is 2. The Morgan fingerprint density at radius 2 is 1.92 bits per heavy atom. The Morgan fingerprint density at radius 1 is 1.18 bits per heavy atom. The van der Waals surface area contributed by atoms with Gasteiger partial charge in [0.15, 0.2) is 0 Å². The van der Waals surface area contributed by atoms with Crippen LogP contribution in [0.15, 0.2) is 43.5 Å². The zero-order valence-electron chi connectivity index (χ0n) is 23.3. The second kappa shape index (κ2) is 12.7. The largest absolute Gasteiger partial charge is 0.465 e. The number of fused-ring (bicyclic) bond motifs is 1. The van der Waals surface area contributed by atoms with E-state index >= 15 is 0 Å². The second-order valence-corrected chi connectivity index (χ2v) is 12.5. The number of hydrogen-bond acceptors (Lipinski definition) is 6. The maximum Gasteiger partial charge on any atom is 0.310 e. The van der Waals surface area contributed by atoms with Crippen molar-refractivity contribution in [3.05, 3.63) is 54.6 Å². The zero-order valence-corrected chi connectivity index (χ0v) is 24.1. The molecule has 0 radical (unpaired) electrons. The number of rotatable bonds is 14. The molecule has 39 heavy (non-hydrogen) atoms. The fourth-order valence-electron chi connectivity index (χ4n) is 6.81. The van der Waals surface area contributed by atoms with E-state index in [4.69, 9.17) is 4.74 Å². The first kappa shape index (κ1) is 29.4. The van der Waals surface area contributed by atoms with Crippen LogP contribution in [0.3, 0.4) is 0 Å². The average molecular weight is 555 g/mol. The molecule has 8 heteroatoms. The first-order valence-electron chi connectivity index (χ1n) is 14.2. The number of anilines is 1. The number of para-hydroxylation sites is 1. The van der Waals surface area contributed by atoms with Crippen LogP contribution in [0, 0.1) is 25.7 Å². The highest BCUT2D eigenvalue weighted by Gasteiger charge is 2.74. The number of ether oxygens (including phenoxy) is 1. The predicted octanol–water partition coefficient (Wildman–Crippen LogP) is 4.59. The molecular formula is C31H42N2O5S. The lowest BCUT2D eigenvalue weighted by atomic mass is 9.71. The number of amides is 2. The van der Waals surface area contributed by atoms with Crippen molar-refractivity contribution < 1.29 is 24.2 Å². The molecule has 4 rings (SSSR count). The van der Waals surface area contributed by atoms with Crippen LogP contribution in [0.1, 0.15) is 56.1 Å². The van der Waals surface area contributed by atoms with Gasteiger partial charge in [0.05, 0.1) is 23.2 Å². The van der Waals surface area contributed by atoms with Crippen LogP contribution in [0.25, 0.3) is 0 Å². The Morgan fingerprint density at radius 3 is 2.59 bits per heavy atom. The van der Waals surface area contributed by atoms with Gasteiger partial charge >= 0.3 is 5.97 Å². The van der Waals surface area contributed by atoms with Crippen molar-refractivity contribution in [2.75, 3.05) is 31.2 Å². The number of carbonyl (C=O) groups excluding carboxylic acids is 3. The van der Waals surface area contributed by atoms with Gasteiger partial charge in [0.25, 0.3) is 5.91 Å². The standard InChI is InChI=1S/C31H42N2O5S/c1-5-7-11-20-38-30(37)24-23-15-16-31(39-23)25(24)28(35)33(18-9-8-10-19-34)27(31)29(36)32(17-6-2)26-21(3)13-12-14-22(26)4/h5-6,12-14,23-25,27,34H,1-2,7-11,15-20H2,3-4H3/t23-,24+,25+,27?,31?/m1/s1. The van der Waals surface area contributed by atoms with E-state index in [2.05, 4.69) is 13.2 Å². The summed E-state index contributed by atoms with van der Waals surface area (Å²) in [5.41, 5.74) is 2.83. The van der Waals surface area contributed by atoms with E-state index < -0.39 is 22.6 Å². The fraction of sp³-hybridized carbons (Fsp3) is 0.581. The highest BCUT2D eigenvalue weighted by atomic mass is 32.2. The third kappa shape index (κ3) is 5.42. The molecule has 2 bridgehead atoms. The molecule has 5 atom stereocenters. The third-order valence-corrected chi connectivity index (χ3v) is 10.4. The normalized spacial score (nSPS) is 26.9. The minimum atomic E-state index is -0.670. The van der Waals surface area contributed by atoms with Crippen molar-refractivity contribution in [2.24, 2.45) is 11.8 Å². The summed E-state index contributed by atoms with van der Waals surface area (Å²) in [7, 11) is 0. The lowest BCUT2D eigenvalue weighted by Crippen LogP contribution is -2.55. The van der Waals surface area contributed by atoms with E-state index in [1.807, 2.05) is 32.0 Å². The molecule has 212 valence electrons. The van der Waals surface area contributed by atoms with Crippen molar-refractivity contribution >= 4 is 35.2 Å². The molecule has 2 unspecified atom stereocenters. The van der Waals surface area contributed by atoms with Crippen LogP contribution in [0.2, 0.25) is 0 Å². The highest BCUT2D eigenvalue weighted by Crippen LogP contribution is 2.66. The Balaban J connectivity index is 1.70. The van der Waals surface area contributed by atoms with E-state index in [9.17, 15) is 19.5 Å². The van der Waals surface area contributed by atoms with Gasteiger partial charge in [-0.25, -0.2) is 0 Å². The number of unbranched alkanes of at least 4 members (excludes halogenated alkanes) is 3. The van der Waals surface area contributed by atoms with Crippen LogP contribution >= 0.6 is 11.8 Å². The Kier molecular flexibility index (Phi) is 9.60. The molecule has 0 aromatic heterocycles. The topological polar surface area (TPSA) is 87.1 Å². The van der Waals surface area contributed by atoms with Gasteiger partial charge in [-0.05, 0) is 69.9 Å². The van der Waals surface area contributed by atoms with E-state index in [-0.39, 0.29) is 29.6 Å². The molecule has 0 saturated carbocycles. The van der Waals surface area contributed by atoms with Crippen LogP contribution in [0.4, 0.5) is 5.69 Å². The number of allylic oxidation sites excluding steroid dienone is 1. The van der Waals surface area contributed by atoms with Gasteiger partial charge in [-0.1, -0.05) is 30.4 Å². The van der Waals surface area contributed by atoms with Crippen molar-refractivity contribution in [1.82, 2.24) is 4.90 Å². The van der Waals surface area contributed by atoms with Gasteiger partial charge in [-0.2, -0.15) is 0 Å². The number of likely N-dealkylation sites (tertiary alicyclic amines) is 1. The van der Waals surface area contributed by atoms with Crippen LogP contribution in [-0.2, 0) is 19.1 Å². The summed E-state index contributed by atoms with van der Waals surface area (Å²) in [6.07, 6.45) is 8.59. The smallest absolute Gasteiger partial charge is 0.310 e. The second-order valence-electron chi connectivity index (χ2n) is 10.9. The number of benzene rings is 1. The minimum Gasteiger partial charge on any atom is -0.465 e. The van der Waals surface area contributed by atoms with Crippen LogP contribution in [-0.4, -0.2) is 70.1 Å². The Bertz CT molecular complexity index is 1090. The number of carbonyl (C=O) groups is 3.